The first-order valence-electron chi connectivity index (χ1n) is 7.52. The summed E-state index contributed by atoms with van der Waals surface area (Å²) >= 11 is 0. The molecule has 1 saturated heterocycles. The topological polar surface area (TPSA) is 61.8 Å². The molecule has 0 aliphatic carbocycles. The Bertz CT molecular complexity index is 447. The molecule has 116 valence electrons. The van der Waals surface area contributed by atoms with Gasteiger partial charge in [-0.3, -0.25) is 0 Å². The zero-order valence-corrected chi connectivity index (χ0v) is 12.5. The molecule has 1 fully saturated rings. The van der Waals surface area contributed by atoms with Crippen LogP contribution in [0.25, 0.3) is 0 Å². The highest BCUT2D eigenvalue weighted by atomic mass is 16.5. The van der Waals surface area contributed by atoms with E-state index in [4.69, 9.17) is 9.84 Å². The van der Waals surface area contributed by atoms with Crippen LogP contribution in [0.2, 0.25) is 0 Å². The summed E-state index contributed by atoms with van der Waals surface area (Å²) in [6.07, 6.45) is 0.885. The largest absolute Gasteiger partial charge is 0.396 e. The zero-order valence-electron chi connectivity index (χ0n) is 12.5. The van der Waals surface area contributed by atoms with Gasteiger partial charge in [0.1, 0.15) is 0 Å². The molecule has 1 aliphatic rings. The number of carbonyl (C=O) groups is 1. The number of aliphatic hydroxyl groups excluding tert-OH is 1. The Balaban J connectivity index is 1.76. The molecule has 0 aromatic heterocycles. The van der Waals surface area contributed by atoms with E-state index < -0.39 is 0 Å². The average molecular weight is 292 g/mol. The summed E-state index contributed by atoms with van der Waals surface area (Å²) in [6.45, 7) is 5.37. The molecule has 1 heterocycles. The molecule has 0 saturated carbocycles. The number of carbonyl (C=O) groups excluding carboxylic acids is 1. The van der Waals surface area contributed by atoms with Gasteiger partial charge in [0.25, 0.3) is 0 Å². The van der Waals surface area contributed by atoms with Gasteiger partial charge in [-0.1, -0.05) is 24.3 Å². The molecular weight excluding hydrogens is 268 g/mol. The third-order valence-electron chi connectivity index (χ3n) is 3.77. The van der Waals surface area contributed by atoms with E-state index in [-0.39, 0.29) is 18.6 Å². The molecule has 5 heteroatoms. The minimum absolute atomic E-state index is 0.0515. The molecule has 21 heavy (non-hydrogen) atoms. The van der Waals surface area contributed by atoms with Gasteiger partial charge in [-0.2, -0.15) is 0 Å². The standard InChI is InChI=1S/C16H24N2O3/c1-2-21-12-14-5-3-13(4-6-14)9-17-16(20)18-8-7-15(10-18)11-19/h3-6,15,19H,2,7-12H2,1H3,(H,17,20). The van der Waals surface area contributed by atoms with Crippen LogP contribution in [0.4, 0.5) is 4.79 Å². The predicted octanol–water partition coefficient (Wildman–Crippen LogP) is 1.75. The Hall–Kier alpha value is -1.59. The maximum Gasteiger partial charge on any atom is 0.317 e. The van der Waals surface area contributed by atoms with Gasteiger partial charge in [-0.25, -0.2) is 4.79 Å². The molecule has 5 nitrogen and oxygen atoms in total. The third kappa shape index (κ3) is 4.72. The molecule has 2 amide bonds. The molecule has 1 unspecified atom stereocenters. The highest BCUT2D eigenvalue weighted by Gasteiger charge is 2.25. The number of benzene rings is 1. The molecule has 2 N–H and O–H groups in total. The van der Waals surface area contributed by atoms with Crippen LogP contribution >= 0.6 is 0 Å². The van der Waals surface area contributed by atoms with Crippen LogP contribution in [0.1, 0.15) is 24.5 Å². The second-order valence-electron chi connectivity index (χ2n) is 5.40. The van der Waals surface area contributed by atoms with Crippen LogP contribution in [0.3, 0.4) is 0 Å². The van der Waals surface area contributed by atoms with Crippen LogP contribution in [-0.2, 0) is 17.9 Å². The first kappa shape index (κ1) is 15.8. The number of nitrogens with zero attached hydrogens (tertiary/aromatic N) is 1. The smallest absolute Gasteiger partial charge is 0.317 e. The molecule has 1 atom stereocenters. The van der Waals surface area contributed by atoms with E-state index in [1.54, 1.807) is 4.90 Å². The van der Waals surface area contributed by atoms with E-state index in [9.17, 15) is 4.79 Å². The van der Waals surface area contributed by atoms with E-state index in [1.165, 1.54) is 0 Å². The molecule has 0 bridgehead atoms. The van der Waals surface area contributed by atoms with Crippen molar-refractivity contribution < 1.29 is 14.6 Å². The van der Waals surface area contributed by atoms with E-state index in [2.05, 4.69) is 5.32 Å². The Morgan fingerprint density at radius 1 is 1.38 bits per heavy atom. The SMILES string of the molecule is CCOCc1ccc(CNC(=O)N2CCC(CO)C2)cc1. The van der Waals surface area contributed by atoms with Gasteiger partial charge in [0.2, 0.25) is 0 Å². The fourth-order valence-electron chi connectivity index (χ4n) is 2.43. The molecule has 1 aromatic rings. The Kier molecular flexibility index (Phi) is 6.02. The number of ether oxygens (including phenoxy) is 1. The van der Waals surface area contributed by atoms with Crippen molar-refractivity contribution in [2.24, 2.45) is 5.92 Å². The summed E-state index contributed by atoms with van der Waals surface area (Å²) in [5.74, 6) is 0.230. The fourth-order valence-corrected chi connectivity index (χ4v) is 2.43. The summed E-state index contributed by atoms with van der Waals surface area (Å²) in [5.41, 5.74) is 2.21. The Morgan fingerprint density at radius 2 is 2.10 bits per heavy atom. The second kappa shape index (κ2) is 8.00. The number of amides is 2. The minimum atomic E-state index is -0.0515. The maximum atomic E-state index is 12.0. The quantitative estimate of drug-likeness (QED) is 0.839. The zero-order chi connectivity index (χ0) is 15.1. The van der Waals surface area contributed by atoms with Crippen molar-refractivity contribution in [3.63, 3.8) is 0 Å². The number of urea groups is 1. The molecule has 2 rings (SSSR count). The molecule has 1 aliphatic heterocycles. The van der Waals surface area contributed by atoms with Crippen LogP contribution in [0.15, 0.2) is 24.3 Å². The van der Waals surface area contributed by atoms with Crippen molar-refractivity contribution in [3.05, 3.63) is 35.4 Å². The van der Waals surface area contributed by atoms with E-state index in [0.717, 1.165) is 24.1 Å². The number of hydrogen-bond donors (Lipinski definition) is 2. The Morgan fingerprint density at radius 3 is 2.71 bits per heavy atom. The van der Waals surface area contributed by atoms with Gasteiger partial charge in [-0.15, -0.1) is 0 Å². The van der Waals surface area contributed by atoms with Gasteiger partial charge >= 0.3 is 6.03 Å². The molecule has 1 aromatic carbocycles. The third-order valence-corrected chi connectivity index (χ3v) is 3.77. The van der Waals surface area contributed by atoms with Crippen molar-refractivity contribution in [2.45, 2.75) is 26.5 Å². The van der Waals surface area contributed by atoms with Gasteiger partial charge < -0.3 is 20.1 Å². The molecule has 0 spiro atoms. The highest BCUT2D eigenvalue weighted by molar-refractivity contribution is 5.74. The Labute approximate surface area is 125 Å². The maximum absolute atomic E-state index is 12.0. The average Bonchev–Trinajstić information content (AvgIpc) is 3.00. The monoisotopic (exact) mass is 292 g/mol. The van der Waals surface area contributed by atoms with E-state index in [1.807, 2.05) is 31.2 Å². The lowest BCUT2D eigenvalue weighted by Gasteiger charge is -2.17. The van der Waals surface area contributed by atoms with Crippen molar-refractivity contribution in [1.82, 2.24) is 10.2 Å². The van der Waals surface area contributed by atoms with Crippen molar-refractivity contribution in [3.8, 4) is 0 Å². The number of rotatable bonds is 6. The summed E-state index contributed by atoms with van der Waals surface area (Å²) in [5, 5.41) is 12.0. The van der Waals surface area contributed by atoms with Gasteiger partial charge in [0.15, 0.2) is 0 Å². The van der Waals surface area contributed by atoms with Crippen LogP contribution in [0, 0.1) is 5.92 Å². The lowest BCUT2D eigenvalue weighted by Crippen LogP contribution is -2.38. The number of likely N-dealkylation sites (tertiary alicyclic amines) is 1. The predicted molar refractivity (Wildman–Crippen MR) is 80.8 cm³/mol. The van der Waals surface area contributed by atoms with E-state index >= 15 is 0 Å². The van der Waals surface area contributed by atoms with Gasteiger partial charge in [-0.05, 0) is 24.5 Å². The summed E-state index contributed by atoms with van der Waals surface area (Å²) < 4.78 is 5.35. The lowest BCUT2D eigenvalue weighted by molar-refractivity contribution is 0.134. The van der Waals surface area contributed by atoms with Crippen molar-refractivity contribution in [1.29, 1.82) is 0 Å². The number of nitrogens with one attached hydrogen (secondary N) is 1. The second-order valence-corrected chi connectivity index (χ2v) is 5.40. The normalized spacial score (nSPS) is 18.0. The molecule has 0 radical (unpaired) electrons. The van der Waals surface area contributed by atoms with Crippen LogP contribution in [0.5, 0.6) is 0 Å². The summed E-state index contributed by atoms with van der Waals surface area (Å²) in [6, 6.07) is 8.01. The number of hydrogen-bond acceptors (Lipinski definition) is 3. The van der Waals surface area contributed by atoms with Gasteiger partial charge in [0.05, 0.1) is 6.61 Å². The van der Waals surface area contributed by atoms with Crippen molar-refractivity contribution >= 4 is 6.03 Å². The highest BCUT2D eigenvalue weighted by Crippen LogP contribution is 2.15. The minimum Gasteiger partial charge on any atom is -0.396 e. The van der Waals surface area contributed by atoms with Crippen LogP contribution in [-0.4, -0.2) is 42.3 Å². The summed E-state index contributed by atoms with van der Waals surface area (Å²) in [7, 11) is 0. The van der Waals surface area contributed by atoms with Crippen molar-refractivity contribution in [2.75, 3.05) is 26.3 Å². The van der Waals surface area contributed by atoms with Gasteiger partial charge in [0, 0.05) is 38.8 Å². The summed E-state index contributed by atoms with van der Waals surface area (Å²) in [4.78, 5) is 13.8. The van der Waals surface area contributed by atoms with E-state index in [0.29, 0.717) is 26.3 Å². The fraction of sp³-hybridized carbons (Fsp3) is 0.562. The first-order valence-corrected chi connectivity index (χ1v) is 7.52. The molecular formula is C16H24N2O3. The first-order chi connectivity index (χ1) is 10.2. The lowest BCUT2D eigenvalue weighted by atomic mass is 10.1. The number of aliphatic hydroxyl groups is 1. The van der Waals surface area contributed by atoms with Crippen LogP contribution < -0.4 is 5.32 Å².